The third-order valence-electron chi connectivity index (χ3n) is 0.773. The zero-order valence-corrected chi connectivity index (χ0v) is 7.46. The summed E-state index contributed by atoms with van der Waals surface area (Å²) in [6.45, 7) is 0. The maximum Gasteiger partial charge on any atom is 0.263 e. The predicted octanol–water partition coefficient (Wildman–Crippen LogP) is 0.655. The van der Waals surface area contributed by atoms with Crippen molar-refractivity contribution in [2.75, 3.05) is 12.8 Å². The lowest BCUT2D eigenvalue weighted by atomic mass is 10.6. The van der Waals surface area contributed by atoms with E-state index in [9.17, 15) is 9.59 Å². The number of hydrogen-bond acceptors (Lipinski definition) is 3. The molecule has 1 amide bonds. The van der Waals surface area contributed by atoms with Crippen LogP contribution < -0.4 is 5.32 Å². The molecule has 0 aromatic carbocycles. The molecule has 0 unspecified atom stereocenters. The summed E-state index contributed by atoms with van der Waals surface area (Å²) < 4.78 is 0. The number of likely N-dealkylation sites (N-methyl/N-ethyl adjacent to an activating group) is 1. The van der Waals surface area contributed by atoms with Gasteiger partial charge in [-0.25, -0.2) is 0 Å². The van der Waals surface area contributed by atoms with Crippen molar-refractivity contribution >= 4 is 35.6 Å². The minimum atomic E-state index is -0.356. The normalized spacial score (nSPS) is 10.9. The van der Waals surface area contributed by atoms with E-state index < -0.39 is 0 Å². The van der Waals surface area contributed by atoms with Gasteiger partial charge in [0.15, 0.2) is 0 Å². The Hall–Kier alpha value is -0.480. The molecular weight excluding hydrogens is 186 g/mol. The highest BCUT2D eigenvalue weighted by atomic mass is 35.5. The van der Waals surface area contributed by atoms with Crippen molar-refractivity contribution in [1.82, 2.24) is 5.32 Å². The van der Waals surface area contributed by atoms with E-state index in [1.54, 1.807) is 6.29 Å². The average Bonchev–Trinajstić information content (AvgIpc) is 2.03. The first-order valence-electron chi connectivity index (χ1n) is 2.76. The molecule has 0 aromatic heterocycles. The molecule has 1 radical (unpaired) electrons. The van der Waals surface area contributed by atoms with Crippen molar-refractivity contribution < 1.29 is 9.59 Å². The lowest BCUT2D eigenvalue weighted by Crippen LogP contribution is -2.17. The van der Waals surface area contributed by atoms with Crippen molar-refractivity contribution in [3.8, 4) is 0 Å². The van der Waals surface area contributed by atoms with Gasteiger partial charge in [-0.2, -0.15) is 0 Å². The van der Waals surface area contributed by atoms with E-state index in [0.29, 0.717) is 0 Å². The Bertz CT molecular complexity index is 181. The van der Waals surface area contributed by atoms with Gasteiger partial charge in [0.1, 0.15) is 5.03 Å². The van der Waals surface area contributed by atoms with Gasteiger partial charge in [0, 0.05) is 7.05 Å². The molecule has 11 heavy (non-hydrogen) atoms. The quantitative estimate of drug-likeness (QED) is 0.526. The smallest absolute Gasteiger partial charge is 0.263 e. The van der Waals surface area contributed by atoms with Crippen LogP contribution in [0, 0.1) is 0 Å². The summed E-state index contributed by atoms with van der Waals surface area (Å²) in [5.41, 5.74) is 0. The summed E-state index contributed by atoms with van der Waals surface area (Å²) in [6, 6.07) is 0. The van der Waals surface area contributed by atoms with Gasteiger partial charge in [0.25, 0.3) is 5.91 Å². The largest absolute Gasteiger partial charge is 0.354 e. The Labute approximate surface area is 74.2 Å². The fraction of sp³-hybridized carbons (Fsp3) is 0.333. The number of rotatable bonds is 4. The zero-order valence-electron chi connectivity index (χ0n) is 5.89. The summed E-state index contributed by atoms with van der Waals surface area (Å²) in [4.78, 5) is 20.4. The molecule has 5 heteroatoms. The molecule has 0 aromatic rings. The second-order valence-corrected chi connectivity index (χ2v) is 2.77. The van der Waals surface area contributed by atoms with Crippen LogP contribution in [0.15, 0.2) is 10.4 Å². The second-order valence-electron chi connectivity index (χ2n) is 1.50. The van der Waals surface area contributed by atoms with Crippen molar-refractivity contribution in [2.45, 2.75) is 0 Å². The standard InChI is InChI=1S/C6H7ClNO2S/c1-8-6(10)5(7)4-11-3-2-9/h4H,3H2,1H3,(H,8,10). The van der Waals surface area contributed by atoms with Crippen molar-refractivity contribution in [3.63, 3.8) is 0 Å². The van der Waals surface area contributed by atoms with Crippen LogP contribution in [0.3, 0.4) is 0 Å². The van der Waals surface area contributed by atoms with Gasteiger partial charge in [-0.05, 0) is 5.41 Å². The van der Waals surface area contributed by atoms with Crippen molar-refractivity contribution in [3.05, 3.63) is 10.4 Å². The van der Waals surface area contributed by atoms with E-state index in [1.165, 1.54) is 12.5 Å². The van der Waals surface area contributed by atoms with Gasteiger partial charge in [0.05, 0.1) is 5.75 Å². The van der Waals surface area contributed by atoms with E-state index >= 15 is 0 Å². The molecule has 0 aliphatic heterocycles. The van der Waals surface area contributed by atoms with Crippen molar-refractivity contribution in [1.29, 1.82) is 0 Å². The molecule has 3 nitrogen and oxygen atoms in total. The van der Waals surface area contributed by atoms with Crippen LogP contribution in [-0.2, 0) is 9.59 Å². The molecule has 0 atom stereocenters. The van der Waals surface area contributed by atoms with Gasteiger partial charge < -0.3 is 5.32 Å². The zero-order chi connectivity index (χ0) is 8.69. The van der Waals surface area contributed by atoms with Crippen LogP contribution in [0.25, 0.3) is 0 Å². The van der Waals surface area contributed by atoms with Crippen LogP contribution >= 0.6 is 23.4 Å². The van der Waals surface area contributed by atoms with Gasteiger partial charge in [-0.1, -0.05) is 11.6 Å². The molecule has 0 saturated carbocycles. The molecule has 0 heterocycles. The molecule has 0 spiro atoms. The third kappa shape index (κ3) is 4.86. The summed E-state index contributed by atoms with van der Waals surface area (Å²) in [7, 11) is 1.48. The number of carbonyl (C=O) groups excluding carboxylic acids is 2. The SMILES string of the molecule is CNC(=O)C(Cl)=CSC[C]=O. The predicted molar refractivity (Wildman–Crippen MR) is 46.2 cm³/mol. The van der Waals surface area contributed by atoms with E-state index in [-0.39, 0.29) is 16.7 Å². The molecule has 1 N–H and O–H groups in total. The summed E-state index contributed by atoms with van der Waals surface area (Å²) in [5.74, 6) is -0.169. The van der Waals surface area contributed by atoms with Crippen LogP contribution in [0.4, 0.5) is 0 Å². The molecule has 0 fully saturated rings. The van der Waals surface area contributed by atoms with Crippen molar-refractivity contribution in [2.24, 2.45) is 0 Å². The first-order chi connectivity index (χ1) is 5.22. The monoisotopic (exact) mass is 192 g/mol. The topological polar surface area (TPSA) is 46.2 Å². The highest BCUT2D eigenvalue weighted by Crippen LogP contribution is 2.09. The van der Waals surface area contributed by atoms with E-state index in [1.807, 2.05) is 0 Å². The molecule has 0 saturated heterocycles. The van der Waals surface area contributed by atoms with E-state index in [0.717, 1.165) is 11.8 Å². The average molecular weight is 193 g/mol. The highest BCUT2D eigenvalue weighted by Gasteiger charge is 2.01. The molecule has 0 rings (SSSR count). The van der Waals surface area contributed by atoms with Crippen LogP contribution in [0.1, 0.15) is 0 Å². The maximum absolute atomic E-state index is 10.7. The lowest BCUT2D eigenvalue weighted by molar-refractivity contribution is -0.116. The Morgan fingerprint density at radius 1 is 1.82 bits per heavy atom. The van der Waals surface area contributed by atoms with E-state index in [4.69, 9.17) is 11.6 Å². The van der Waals surface area contributed by atoms with Gasteiger partial charge in [-0.3, -0.25) is 9.59 Å². The van der Waals surface area contributed by atoms with Gasteiger partial charge >= 0.3 is 0 Å². The third-order valence-corrected chi connectivity index (χ3v) is 1.87. The molecule has 0 aliphatic rings. The lowest BCUT2D eigenvalue weighted by Gasteiger charge is -1.94. The minimum Gasteiger partial charge on any atom is -0.354 e. The Morgan fingerprint density at radius 3 is 2.91 bits per heavy atom. The van der Waals surface area contributed by atoms with E-state index in [2.05, 4.69) is 5.32 Å². The fourth-order valence-corrected chi connectivity index (χ4v) is 1.01. The number of carbonyl (C=O) groups is 1. The summed E-state index contributed by atoms with van der Waals surface area (Å²) >= 11 is 6.59. The number of thioether (sulfide) groups is 1. The van der Waals surface area contributed by atoms with Gasteiger partial charge in [-0.15, -0.1) is 11.8 Å². The Kier molecular flexibility index (Phi) is 5.97. The summed E-state index contributed by atoms with van der Waals surface area (Å²) in [5, 5.41) is 3.83. The number of amides is 1. The molecule has 61 valence electrons. The highest BCUT2D eigenvalue weighted by molar-refractivity contribution is 8.02. The first kappa shape index (κ1) is 10.5. The number of nitrogens with one attached hydrogen (secondary N) is 1. The van der Waals surface area contributed by atoms with Gasteiger partial charge in [0.2, 0.25) is 6.29 Å². The van der Waals surface area contributed by atoms with Crippen LogP contribution in [0.5, 0.6) is 0 Å². The Balaban J connectivity index is 3.79. The Morgan fingerprint density at radius 2 is 2.45 bits per heavy atom. The fourth-order valence-electron chi connectivity index (χ4n) is 0.322. The molecule has 0 aliphatic carbocycles. The number of halogens is 1. The summed E-state index contributed by atoms with van der Waals surface area (Å²) in [6.07, 6.45) is 1.66. The van der Waals surface area contributed by atoms with Crippen LogP contribution in [-0.4, -0.2) is 25.0 Å². The minimum absolute atomic E-state index is 0.0766. The first-order valence-corrected chi connectivity index (χ1v) is 4.19. The molecule has 0 bridgehead atoms. The number of hydrogen-bond donors (Lipinski definition) is 1. The van der Waals surface area contributed by atoms with Crippen LogP contribution in [0.2, 0.25) is 0 Å². The second kappa shape index (κ2) is 6.24. The maximum atomic E-state index is 10.7. The molecular formula is C6H7ClNO2S.